The molecule has 7 heteroatoms. The number of amides is 1. The van der Waals surface area contributed by atoms with Gasteiger partial charge in [-0.1, -0.05) is 6.07 Å². The van der Waals surface area contributed by atoms with Crippen molar-refractivity contribution < 1.29 is 4.79 Å². The molecule has 0 bridgehead atoms. The van der Waals surface area contributed by atoms with Crippen LogP contribution in [0.2, 0.25) is 0 Å². The monoisotopic (exact) mass is 361 g/mol. The number of pyridine rings is 1. The maximum atomic E-state index is 12.4. The molecule has 4 aromatic rings. The number of carbonyl (C=O) groups excluding carboxylic acids is 1. The van der Waals surface area contributed by atoms with Crippen molar-refractivity contribution in [2.24, 2.45) is 0 Å². The number of nitrogens with zero attached hydrogens (tertiary/aromatic N) is 3. The van der Waals surface area contributed by atoms with Crippen LogP contribution in [0.15, 0.2) is 71.9 Å². The maximum Gasteiger partial charge on any atom is 0.255 e. The molecule has 2 N–H and O–H groups in total. The van der Waals surface area contributed by atoms with Crippen molar-refractivity contribution in [2.75, 3.05) is 5.32 Å². The van der Waals surface area contributed by atoms with Gasteiger partial charge >= 0.3 is 0 Å². The van der Waals surface area contributed by atoms with Crippen LogP contribution in [0.25, 0.3) is 11.0 Å². The third kappa shape index (κ3) is 3.73. The highest BCUT2D eigenvalue weighted by molar-refractivity contribution is 7.98. The number of thioether (sulfide) groups is 1. The SMILES string of the molecule is O=C(Nc1ccc(SCc2cccnc2)cc1)c1ccc2n[nH]nc2c1. The minimum Gasteiger partial charge on any atom is -0.322 e. The smallest absolute Gasteiger partial charge is 0.255 e. The van der Waals surface area contributed by atoms with Gasteiger partial charge in [-0.3, -0.25) is 9.78 Å². The number of H-pyrrole nitrogens is 1. The van der Waals surface area contributed by atoms with Gasteiger partial charge in [-0.15, -0.1) is 11.8 Å². The largest absolute Gasteiger partial charge is 0.322 e. The van der Waals surface area contributed by atoms with Gasteiger partial charge in [0.05, 0.1) is 0 Å². The molecule has 0 atom stereocenters. The molecule has 1 amide bonds. The number of rotatable bonds is 5. The van der Waals surface area contributed by atoms with Crippen LogP contribution in [0.4, 0.5) is 5.69 Å². The minimum absolute atomic E-state index is 0.175. The summed E-state index contributed by atoms with van der Waals surface area (Å²) in [7, 11) is 0. The Morgan fingerprint density at radius 2 is 1.88 bits per heavy atom. The molecule has 2 aromatic carbocycles. The highest BCUT2D eigenvalue weighted by Gasteiger charge is 2.08. The van der Waals surface area contributed by atoms with Crippen LogP contribution >= 0.6 is 11.8 Å². The van der Waals surface area contributed by atoms with Crippen LogP contribution in [0.5, 0.6) is 0 Å². The average Bonchev–Trinajstić information content (AvgIpc) is 3.16. The van der Waals surface area contributed by atoms with Gasteiger partial charge < -0.3 is 5.32 Å². The summed E-state index contributed by atoms with van der Waals surface area (Å²) in [5.74, 6) is 0.683. The zero-order valence-corrected chi connectivity index (χ0v) is 14.5. The first-order valence-corrected chi connectivity index (χ1v) is 9.00. The Morgan fingerprint density at radius 1 is 1.04 bits per heavy atom. The molecule has 0 radical (unpaired) electrons. The first-order valence-electron chi connectivity index (χ1n) is 8.01. The summed E-state index contributed by atoms with van der Waals surface area (Å²) < 4.78 is 0. The Morgan fingerprint density at radius 3 is 2.69 bits per heavy atom. The van der Waals surface area contributed by atoms with E-state index in [-0.39, 0.29) is 5.91 Å². The average molecular weight is 361 g/mol. The van der Waals surface area contributed by atoms with Crippen LogP contribution < -0.4 is 5.32 Å². The van der Waals surface area contributed by atoms with Crippen LogP contribution in [0, 0.1) is 0 Å². The van der Waals surface area contributed by atoms with E-state index in [0.717, 1.165) is 21.9 Å². The molecule has 2 aromatic heterocycles. The van der Waals surface area contributed by atoms with Crippen molar-refractivity contribution in [3.8, 4) is 0 Å². The van der Waals surface area contributed by atoms with Gasteiger partial charge in [0.1, 0.15) is 11.0 Å². The molecule has 0 unspecified atom stereocenters. The fourth-order valence-electron chi connectivity index (χ4n) is 2.47. The van der Waals surface area contributed by atoms with Crippen molar-refractivity contribution in [1.82, 2.24) is 20.4 Å². The summed E-state index contributed by atoms with van der Waals surface area (Å²) in [6, 6.07) is 17.0. The number of hydrogen-bond acceptors (Lipinski definition) is 5. The topological polar surface area (TPSA) is 83.6 Å². The van der Waals surface area contributed by atoms with E-state index in [9.17, 15) is 4.79 Å². The lowest BCUT2D eigenvalue weighted by Gasteiger charge is -2.07. The third-order valence-electron chi connectivity index (χ3n) is 3.82. The molecular weight excluding hydrogens is 346 g/mol. The van der Waals surface area contributed by atoms with Gasteiger partial charge in [0, 0.05) is 34.3 Å². The fraction of sp³-hybridized carbons (Fsp3) is 0.0526. The van der Waals surface area contributed by atoms with Gasteiger partial charge in [0.2, 0.25) is 0 Å². The van der Waals surface area contributed by atoms with Crippen LogP contribution in [0.3, 0.4) is 0 Å². The van der Waals surface area contributed by atoms with E-state index in [2.05, 4.69) is 31.8 Å². The molecule has 128 valence electrons. The second-order valence-corrected chi connectivity index (χ2v) is 6.70. The Hall–Kier alpha value is -3.19. The summed E-state index contributed by atoms with van der Waals surface area (Å²) >= 11 is 1.73. The van der Waals surface area contributed by atoms with Gasteiger partial charge in [0.25, 0.3) is 5.91 Å². The first-order chi connectivity index (χ1) is 12.8. The van der Waals surface area contributed by atoms with E-state index in [1.165, 1.54) is 5.56 Å². The summed E-state index contributed by atoms with van der Waals surface area (Å²) in [6.07, 6.45) is 3.64. The molecule has 0 fully saturated rings. The van der Waals surface area contributed by atoms with E-state index in [4.69, 9.17) is 0 Å². The zero-order valence-electron chi connectivity index (χ0n) is 13.7. The summed E-state index contributed by atoms with van der Waals surface area (Å²) in [4.78, 5) is 17.6. The first kappa shape index (κ1) is 16.3. The number of hydrogen-bond donors (Lipinski definition) is 2. The zero-order chi connectivity index (χ0) is 17.8. The number of anilines is 1. The van der Waals surface area contributed by atoms with E-state index in [0.29, 0.717) is 11.1 Å². The Labute approximate surface area is 154 Å². The Kier molecular flexibility index (Phi) is 4.61. The molecule has 0 saturated carbocycles. The number of carbonyl (C=O) groups is 1. The Balaban J connectivity index is 1.39. The minimum atomic E-state index is -0.175. The van der Waals surface area contributed by atoms with Gasteiger partial charge in [0.15, 0.2) is 0 Å². The lowest BCUT2D eigenvalue weighted by Crippen LogP contribution is -2.11. The molecule has 4 rings (SSSR count). The molecule has 26 heavy (non-hydrogen) atoms. The van der Waals surface area contributed by atoms with Crippen molar-refractivity contribution in [1.29, 1.82) is 0 Å². The molecular formula is C19H15N5OS. The van der Waals surface area contributed by atoms with Gasteiger partial charge in [-0.05, 0) is 54.1 Å². The van der Waals surface area contributed by atoms with Crippen LogP contribution in [-0.4, -0.2) is 26.3 Å². The highest BCUT2D eigenvalue weighted by atomic mass is 32.2. The number of aromatic nitrogens is 4. The van der Waals surface area contributed by atoms with Crippen molar-refractivity contribution >= 4 is 34.4 Å². The summed E-state index contributed by atoms with van der Waals surface area (Å²) in [5.41, 5.74) is 3.87. The molecule has 0 aliphatic heterocycles. The molecule has 6 nitrogen and oxygen atoms in total. The summed E-state index contributed by atoms with van der Waals surface area (Å²) in [6.45, 7) is 0. The highest BCUT2D eigenvalue weighted by Crippen LogP contribution is 2.24. The lowest BCUT2D eigenvalue weighted by atomic mass is 10.2. The van der Waals surface area contributed by atoms with E-state index in [1.54, 1.807) is 36.2 Å². The predicted molar refractivity (Wildman–Crippen MR) is 102 cm³/mol. The second-order valence-electron chi connectivity index (χ2n) is 5.66. The van der Waals surface area contributed by atoms with E-state index < -0.39 is 0 Å². The standard InChI is InChI=1S/C19H15N5OS/c25-19(14-3-8-17-18(10-14)23-24-22-17)21-15-4-6-16(7-5-15)26-12-13-2-1-9-20-11-13/h1-11H,12H2,(H,21,25)(H,22,23,24). The second kappa shape index (κ2) is 7.37. The van der Waals surface area contributed by atoms with Gasteiger partial charge in [-0.25, -0.2) is 0 Å². The fourth-order valence-corrected chi connectivity index (χ4v) is 3.30. The molecule has 0 spiro atoms. The van der Waals surface area contributed by atoms with E-state index >= 15 is 0 Å². The normalized spacial score (nSPS) is 10.8. The number of nitrogens with one attached hydrogen (secondary N) is 2. The molecule has 0 aliphatic carbocycles. The predicted octanol–water partition coefficient (Wildman–Crippen LogP) is 3.90. The van der Waals surface area contributed by atoms with E-state index in [1.807, 2.05) is 36.5 Å². The van der Waals surface area contributed by atoms with Gasteiger partial charge in [-0.2, -0.15) is 15.4 Å². The maximum absolute atomic E-state index is 12.4. The number of aromatic amines is 1. The molecule has 0 saturated heterocycles. The lowest BCUT2D eigenvalue weighted by molar-refractivity contribution is 0.102. The van der Waals surface area contributed by atoms with Crippen molar-refractivity contribution in [3.05, 3.63) is 78.1 Å². The third-order valence-corrected chi connectivity index (χ3v) is 4.90. The number of benzene rings is 2. The Bertz CT molecular complexity index is 1030. The van der Waals surface area contributed by atoms with Crippen molar-refractivity contribution in [3.63, 3.8) is 0 Å². The van der Waals surface area contributed by atoms with Crippen molar-refractivity contribution in [2.45, 2.75) is 10.6 Å². The number of fused-ring (bicyclic) bond motifs is 1. The molecule has 2 heterocycles. The van der Waals surface area contributed by atoms with Crippen LogP contribution in [-0.2, 0) is 5.75 Å². The quantitative estimate of drug-likeness (QED) is 0.527. The molecule has 0 aliphatic rings. The van der Waals surface area contributed by atoms with Crippen LogP contribution in [0.1, 0.15) is 15.9 Å². The summed E-state index contributed by atoms with van der Waals surface area (Å²) in [5, 5.41) is 13.4.